The fourth-order valence-corrected chi connectivity index (χ4v) is 1.92. The molecule has 0 saturated carbocycles. The quantitative estimate of drug-likeness (QED) is 0.913. The molecule has 0 saturated heterocycles. The lowest BCUT2D eigenvalue weighted by atomic mass is 10.1. The Balaban J connectivity index is 2.80. The van der Waals surface area contributed by atoms with Crippen LogP contribution >= 0.6 is 0 Å². The highest BCUT2D eigenvalue weighted by Gasteiger charge is 2.35. The number of halogens is 3. The molecule has 0 atom stereocenters. The minimum atomic E-state index is -4.54. The van der Waals surface area contributed by atoms with Gasteiger partial charge < -0.3 is 4.98 Å². The Morgan fingerprint density at radius 1 is 1.32 bits per heavy atom. The standard InChI is InChI=1S/C12H12F3N3O/c1-3-4-7-5-8-10(16-6(2)17-11(8)19)18-9(7)12(13,14)15/h5H,3-4H2,1-2H3,(H,16,17,18,19). The van der Waals surface area contributed by atoms with Crippen molar-refractivity contribution in [2.45, 2.75) is 32.9 Å². The summed E-state index contributed by atoms with van der Waals surface area (Å²) < 4.78 is 38.8. The molecule has 0 aliphatic rings. The van der Waals surface area contributed by atoms with Crippen LogP contribution in [0.4, 0.5) is 13.2 Å². The second-order valence-electron chi connectivity index (χ2n) is 4.27. The van der Waals surface area contributed by atoms with E-state index in [-0.39, 0.29) is 28.8 Å². The summed E-state index contributed by atoms with van der Waals surface area (Å²) in [5, 5.41) is 0.0852. The number of hydrogen-bond acceptors (Lipinski definition) is 3. The summed E-state index contributed by atoms with van der Waals surface area (Å²) in [6, 6.07) is 1.24. The molecule has 2 aromatic rings. The van der Waals surface area contributed by atoms with E-state index in [4.69, 9.17) is 0 Å². The number of aryl methyl sites for hydroxylation is 2. The van der Waals surface area contributed by atoms with E-state index in [1.54, 1.807) is 6.92 Å². The number of aromatic amines is 1. The predicted octanol–water partition coefficient (Wildman–Crippen LogP) is 2.60. The van der Waals surface area contributed by atoms with Gasteiger partial charge in [0.15, 0.2) is 5.65 Å². The Bertz CT molecular complexity index is 676. The van der Waals surface area contributed by atoms with E-state index in [1.807, 2.05) is 0 Å². The monoisotopic (exact) mass is 271 g/mol. The molecule has 0 fully saturated rings. The van der Waals surface area contributed by atoms with Gasteiger partial charge in [0, 0.05) is 0 Å². The van der Waals surface area contributed by atoms with Gasteiger partial charge in [-0.2, -0.15) is 13.2 Å². The van der Waals surface area contributed by atoms with Gasteiger partial charge >= 0.3 is 6.18 Å². The summed E-state index contributed by atoms with van der Waals surface area (Å²) in [5.41, 5.74) is -1.58. The van der Waals surface area contributed by atoms with Crippen LogP contribution in [0.2, 0.25) is 0 Å². The molecule has 0 radical (unpaired) electrons. The molecule has 0 aliphatic heterocycles. The molecule has 0 unspecified atom stereocenters. The van der Waals surface area contributed by atoms with E-state index in [0.29, 0.717) is 6.42 Å². The molecular formula is C12H12F3N3O. The van der Waals surface area contributed by atoms with Crippen LogP contribution in [0.5, 0.6) is 0 Å². The highest BCUT2D eigenvalue weighted by molar-refractivity contribution is 5.74. The van der Waals surface area contributed by atoms with Crippen LogP contribution in [0.1, 0.15) is 30.4 Å². The Morgan fingerprint density at radius 3 is 2.58 bits per heavy atom. The van der Waals surface area contributed by atoms with Crippen molar-refractivity contribution in [3.05, 3.63) is 33.5 Å². The molecule has 0 amide bonds. The zero-order valence-electron chi connectivity index (χ0n) is 10.4. The summed E-state index contributed by atoms with van der Waals surface area (Å²) in [4.78, 5) is 21.5. The van der Waals surface area contributed by atoms with E-state index in [0.717, 1.165) is 0 Å². The van der Waals surface area contributed by atoms with Crippen molar-refractivity contribution in [2.24, 2.45) is 0 Å². The van der Waals surface area contributed by atoms with Gasteiger partial charge in [-0.15, -0.1) is 0 Å². The normalized spacial score (nSPS) is 12.1. The van der Waals surface area contributed by atoms with Crippen LogP contribution in [0, 0.1) is 6.92 Å². The average molecular weight is 271 g/mol. The van der Waals surface area contributed by atoms with Crippen molar-refractivity contribution in [1.29, 1.82) is 0 Å². The first-order chi connectivity index (χ1) is 8.82. The second kappa shape index (κ2) is 4.64. The van der Waals surface area contributed by atoms with Gasteiger partial charge in [-0.25, -0.2) is 9.97 Å². The molecule has 2 aromatic heterocycles. The summed E-state index contributed by atoms with van der Waals surface area (Å²) >= 11 is 0. The Labute approximate surface area is 106 Å². The highest BCUT2D eigenvalue weighted by atomic mass is 19.4. The maximum absolute atomic E-state index is 12.9. The first kappa shape index (κ1) is 13.5. The number of pyridine rings is 1. The predicted molar refractivity (Wildman–Crippen MR) is 63.9 cm³/mol. The van der Waals surface area contributed by atoms with Crippen molar-refractivity contribution in [1.82, 2.24) is 15.0 Å². The fraction of sp³-hybridized carbons (Fsp3) is 0.417. The summed E-state index contributed by atoms with van der Waals surface area (Å²) in [7, 11) is 0. The lowest BCUT2D eigenvalue weighted by Gasteiger charge is -2.12. The smallest absolute Gasteiger partial charge is 0.310 e. The third-order valence-corrected chi connectivity index (χ3v) is 2.68. The van der Waals surface area contributed by atoms with E-state index in [9.17, 15) is 18.0 Å². The van der Waals surface area contributed by atoms with Gasteiger partial charge in [-0.05, 0) is 25.0 Å². The molecule has 0 aromatic carbocycles. The largest absolute Gasteiger partial charge is 0.433 e. The Kier molecular flexibility index (Phi) is 3.30. The van der Waals surface area contributed by atoms with Crippen molar-refractivity contribution in [3.63, 3.8) is 0 Å². The third kappa shape index (κ3) is 2.59. The maximum atomic E-state index is 12.9. The van der Waals surface area contributed by atoms with Crippen molar-refractivity contribution in [2.75, 3.05) is 0 Å². The maximum Gasteiger partial charge on any atom is 0.433 e. The number of fused-ring (bicyclic) bond motifs is 1. The first-order valence-electron chi connectivity index (χ1n) is 5.80. The number of nitrogens with zero attached hydrogens (tertiary/aromatic N) is 2. The number of hydrogen-bond donors (Lipinski definition) is 1. The minimum absolute atomic E-state index is 0.0265. The van der Waals surface area contributed by atoms with Crippen molar-refractivity contribution in [3.8, 4) is 0 Å². The molecule has 4 nitrogen and oxygen atoms in total. The molecule has 2 heterocycles. The van der Waals surface area contributed by atoms with E-state index in [1.165, 1.54) is 13.0 Å². The van der Waals surface area contributed by atoms with Crippen molar-refractivity contribution < 1.29 is 13.2 Å². The Hall–Kier alpha value is -1.92. The van der Waals surface area contributed by atoms with E-state index < -0.39 is 17.4 Å². The van der Waals surface area contributed by atoms with Crippen LogP contribution < -0.4 is 5.56 Å². The highest BCUT2D eigenvalue weighted by Crippen LogP contribution is 2.32. The molecule has 102 valence electrons. The number of H-pyrrole nitrogens is 1. The third-order valence-electron chi connectivity index (χ3n) is 2.68. The summed E-state index contributed by atoms with van der Waals surface area (Å²) in [6.45, 7) is 3.26. The summed E-state index contributed by atoms with van der Waals surface area (Å²) in [5.74, 6) is 0.237. The van der Waals surface area contributed by atoms with Crippen LogP contribution in [0.3, 0.4) is 0 Å². The molecular weight excluding hydrogens is 259 g/mol. The van der Waals surface area contributed by atoms with Gasteiger partial charge in [-0.3, -0.25) is 4.79 Å². The molecule has 19 heavy (non-hydrogen) atoms. The number of alkyl halides is 3. The Morgan fingerprint density at radius 2 is 2.00 bits per heavy atom. The zero-order chi connectivity index (χ0) is 14.2. The van der Waals surface area contributed by atoms with Crippen LogP contribution in [0.25, 0.3) is 11.0 Å². The zero-order valence-corrected chi connectivity index (χ0v) is 10.4. The molecule has 7 heteroatoms. The second-order valence-corrected chi connectivity index (χ2v) is 4.27. The summed E-state index contributed by atoms with van der Waals surface area (Å²) in [6.07, 6.45) is -3.80. The van der Waals surface area contributed by atoms with Crippen LogP contribution in [-0.4, -0.2) is 15.0 Å². The molecule has 1 N–H and O–H groups in total. The van der Waals surface area contributed by atoms with Gasteiger partial charge in [0.2, 0.25) is 0 Å². The van der Waals surface area contributed by atoms with Gasteiger partial charge in [0.05, 0.1) is 5.39 Å². The SMILES string of the molecule is CCCc1cc2c(=O)[nH]c(C)nc2nc1C(F)(F)F. The number of aromatic nitrogens is 3. The first-order valence-corrected chi connectivity index (χ1v) is 5.80. The average Bonchev–Trinajstić information content (AvgIpc) is 2.28. The van der Waals surface area contributed by atoms with E-state index in [2.05, 4.69) is 15.0 Å². The molecule has 0 spiro atoms. The molecule has 2 rings (SSSR count). The van der Waals surface area contributed by atoms with Gasteiger partial charge in [0.1, 0.15) is 11.5 Å². The lowest BCUT2D eigenvalue weighted by molar-refractivity contribution is -0.141. The van der Waals surface area contributed by atoms with Crippen LogP contribution in [0.15, 0.2) is 10.9 Å². The topological polar surface area (TPSA) is 58.6 Å². The molecule has 0 bridgehead atoms. The van der Waals surface area contributed by atoms with Crippen LogP contribution in [-0.2, 0) is 12.6 Å². The fourth-order valence-electron chi connectivity index (χ4n) is 1.92. The van der Waals surface area contributed by atoms with E-state index >= 15 is 0 Å². The minimum Gasteiger partial charge on any atom is -0.310 e. The number of rotatable bonds is 2. The molecule has 0 aliphatic carbocycles. The van der Waals surface area contributed by atoms with Gasteiger partial charge in [0.25, 0.3) is 5.56 Å². The van der Waals surface area contributed by atoms with Crippen molar-refractivity contribution >= 4 is 11.0 Å². The lowest BCUT2D eigenvalue weighted by Crippen LogP contribution is -2.17. The van der Waals surface area contributed by atoms with Gasteiger partial charge in [-0.1, -0.05) is 13.3 Å². The number of nitrogens with one attached hydrogen (secondary N) is 1.